The third-order valence-electron chi connectivity index (χ3n) is 3.94. The van der Waals surface area contributed by atoms with Gasteiger partial charge in [0.25, 0.3) is 11.8 Å². The molecule has 30 heavy (non-hydrogen) atoms. The van der Waals surface area contributed by atoms with Gasteiger partial charge in [-0.15, -0.1) is 0 Å². The molecule has 0 atom stereocenters. The van der Waals surface area contributed by atoms with E-state index in [-0.39, 0.29) is 11.0 Å². The van der Waals surface area contributed by atoms with E-state index < -0.39 is 5.91 Å². The second kappa shape index (κ2) is 11.9. The maximum atomic E-state index is 12.7. The van der Waals surface area contributed by atoms with Crippen molar-refractivity contribution >= 4 is 34.8 Å². The number of amides is 2. The second-order valence-electron chi connectivity index (χ2n) is 6.90. The summed E-state index contributed by atoms with van der Waals surface area (Å²) in [6, 6.07) is 13.9. The maximum Gasteiger partial charge on any atom is 0.261 e. The van der Waals surface area contributed by atoms with Crippen molar-refractivity contribution in [1.82, 2.24) is 10.6 Å². The lowest BCUT2D eigenvalue weighted by atomic mass is 10.1. The Bertz CT molecular complexity index is 886. The van der Waals surface area contributed by atoms with Crippen LogP contribution in [0.2, 0.25) is 0 Å². The van der Waals surface area contributed by atoms with Crippen LogP contribution in [0.25, 0.3) is 0 Å². The highest BCUT2D eigenvalue weighted by Crippen LogP contribution is 2.19. The molecular formula is C22H27N3O4S. The van der Waals surface area contributed by atoms with Gasteiger partial charge in [-0.2, -0.15) is 0 Å². The van der Waals surface area contributed by atoms with Crippen molar-refractivity contribution in [3.8, 4) is 5.75 Å². The van der Waals surface area contributed by atoms with Crippen LogP contribution in [0, 0.1) is 5.92 Å². The van der Waals surface area contributed by atoms with Crippen LogP contribution in [0.4, 0.5) is 5.69 Å². The molecule has 0 saturated heterocycles. The number of rotatable bonds is 9. The molecule has 3 N–H and O–H groups in total. The molecule has 0 aliphatic carbocycles. The van der Waals surface area contributed by atoms with E-state index in [0.717, 1.165) is 0 Å². The fraction of sp³-hybridized carbons (Fsp3) is 0.318. The van der Waals surface area contributed by atoms with E-state index in [1.54, 1.807) is 55.6 Å². The fourth-order valence-electron chi connectivity index (χ4n) is 2.51. The number of benzene rings is 2. The summed E-state index contributed by atoms with van der Waals surface area (Å²) in [6.07, 6.45) is 0. The maximum absolute atomic E-state index is 12.7. The molecule has 0 fully saturated rings. The highest BCUT2D eigenvalue weighted by Gasteiger charge is 2.16. The molecule has 2 amide bonds. The highest BCUT2D eigenvalue weighted by molar-refractivity contribution is 7.80. The van der Waals surface area contributed by atoms with Crippen molar-refractivity contribution in [1.29, 1.82) is 0 Å². The summed E-state index contributed by atoms with van der Waals surface area (Å²) in [4.78, 5) is 25.1. The minimum absolute atomic E-state index is 0.0794. The first-order valence-corrected chi connectivity index (χ1v) is 10.0. The van der Waals surface area contributed by atoms with E-state index in [0.29, 0.717) is 48.2 Å². The van der Waals surface area contributed by atoms with E-state index in [2.05, 4.69) is 16.0 Å². The van der Waals surface area contributed by atoms with Gasteiger partial charge in [-0.25, -0.2) is 0 Å². The van der Waals surface area contributed by atoms with E-state index in [9.17, 15) is 9.59 Å². The Morgan fingerprint density at radius 3 is 2.37 bits per heavy atom. The molecule has 0 heterocycles. The Hall–Kier alpha value is -2.97. The molecule has 2 aromatic rings. The zero-order valence-corrected chi connectivity index (χ0v) is 18.2. The van der Waals surface area contributed by atoms with Crippen LogP contribution < -0.4 is 20.7 Å². The van der Waals surface area contributed by atoms with Crippen LogP contribution in [0.15, 0.2) is 48.5 Å². The minimum Gasteiger partial charge on any atom is -0.492 e. The quantitative estimate of drug-likeness (QED) is 0.419. The average Bonchev–Trinajstić information content (AvgIpc) is 2.72. The SMILES string of the molecule is COCCNC(=O)c1ccccc1NC(=S)NC(=O)c1ccccc1OCC(C)C. The molecule has 0 aliphatic heterocycles. The third-order valence-corrected chi connectivity index (χ3v) is 4.15. The monoisotopic (exact) mass is 429 g/mol. The molecule has 0 aromatic heterocycles. The number of anilines is 1. The van der Waals surface area contributed by atoms with Crippen molar-refractivity contribution in [3.63, 3.8) is 0 Å². The topological polar surface area (TPSA) is 88.7 Å². The molecule has 0 saturated carbocycles. The highest BCUT2D eigenvalue weighted by atomic mass is 32.1. The van der Waals surface area contributed by atoms with Gasteiger partial charge >= 0.3 is 0 Å². The van der Waals surface area contributed by atoms with E-state index in [1.165, 1.54) is 0 Å². The van der Waals surface area contributed by atoms with Gasteiger partial charge in [0.2, 0.25) is 0 Å². The average molecular weight is 430 g/mol. The van der Waals surface area contributed by atoms with Gasteiger partial charge in [0, 0.05) is 13.7 Å². The van der Waals surface area contributed by atoms with Crippen molar-refractivity contribution in [2.45, 2.75) is 13.8 Å². The predicted molar refractivity (Wildman–Crippen MR) is 121 cm³/mol. The van der Waals surface area contributed by atoms with Crippen molar-refractivity contribution in [3.05, 3.63) is 59.7 Å². The van der Waals surface area contributed by atoms with Gasteiger partial charge in [0.1, 0.15) is 5.75 Å². The molecule has 2 aromatic carbocycles. The molecule has 0 bridgehead atoms. The molecule has 7 nitrogen and oxygen atoms in total. The van der Waals surface area contributed by atoms with Crippen LogP contribution in [0.3, 0.4) is 0 Å². The predicted octanol–water partition coefficient (Wildman–Crippen LogP) is 3.22. The molecular weight excluding hydrogens is 402 g/mol. The van der Waals surface area contributed by atoms with Gasteiger partial charge in [-0.3, -0.25) is 14.9 Å². The number of carbonyl (C=O) groups excluding carboxylic acids is 2. The molecule has 160 valence electrons. The lowest BCUT2D eigenvalue weighted by Gasteiger charge is -2.15. The summed E-state index contributed by atoms with van der Waals surface area (Å²) in [7, 11) is 1.56. The van der Waals surface area contributed by atoms with E-state index in [1.807, 2.05) is 13.8 Å². The zero-order valence-electron chi connectivity index (χ0n) is 17.4. The second-order valence-corrected chi connectivity index (χ2v) is 7.31. The number of hydrogen-bond acceptors (Lipinski definition) is 5. The van der Waals surface area contributed by atoms with Crippen LogP contribution in [-0.4, -0.2) is 43.8 Å². The summed E-state index contributed by atoms with van der Waals surface area (Å²) >= 11 is 5.28. The standard InChI is InChI=1S/C22H27N3O4S/c1-15(2)14-29-19-11-7-5-9-17(19)21(27)25-22(30)24-18-10-6-4-8-16(18)20(26)23-12-13-28-3/h4-11,15H,12-14H2,1-3H3,(H,23,26)(H2,24,25,27,30). The van der Waals surface area contributed by atoms with Crippen LogP contribution in [0.5, 0.6) is 5.75 Å². The molecule has 2 rings (SSSR count). The lowest BCUT2D eigenvalue weighted by molar-refractivity contribution is 0.0936. The van der Waals surface area contributed by atoms with Crippen LogP contribution >= 0.6 is 12.2 Å². The van der Waals surface area contributed by atoms with Crippen molar-refractivity contribution in [2.24, 2.45) is 5.92 Å². The van der Waals surface area contributed by atoms with E-state index >= 15 is 0 Å². The first-order valence-electron chi connectivity index (χ1n) is 9.62. The zero-order chi connectivity index (χ0) is 21.9. The number of nitrogens with one attached hydrogen (secondary N) is 3. The summed E-state index contributed by atoms with van der Waals surface area (Å²) in [5, 5.41) is 8.40. The Kier molecular flexibility index (Phi) is 9.24. The number of thiocarbonyl (C=S) groups is 1. The number of carbonyl (C=O) groups is 2. The Morgan fingerprint density at radius 1 is 1.00 bits per heavy atom. The van der Waals surface area contributed by atoms with Crippen molar-refractivity contribution < 1.29 is 19.1 Å². The van der Waals surface area contributed by atoms with Crippen LogP contribution in [-0.2, 0) is 4.74 Å². The number of methoxy groups -OCH3 is 1. The first-order chi connectivity index (χ1) is 14.4. The number of ether oxygens (including phenoxy) is 2. The minimum atomic E-state index is -0.395. The summed E-state index contributed by atoms with van der Waals surface area (Å²) in [5.41, 5.74) is 1.28. The van der Waals surface area contributed by atoms with Gasteiger partial charge in [-0.1, -0.05) is 38.1 Å². The van der Waals surface area contributed by atoms with Gasteiger partial charge < -0.3 is 20.1 Å². The third kappa shape index (κ3) is 7.13. The van der Waals surface area contributed by atoms with Gasteiger partial charge in [0.15, 0.2) is 5.11 Å². The molecule has 8 heteroatoms. The normalized spacial score (nSPS) is 10.4. The number of para-hydroxylation sites is 2. The first kappa shape index (κ1) is 23.3. The van der Waals surface area contributed by atoms with Crippen LogP contribution in [0.1, 0.15) is 34.6 Å². The van der Waals surface area contributed by atoms with Gasteiger partial charge in [-0.05, 0) is 42.4 Å². The largest absolute Gasteiger partial charge is 0.492 e. The molecule has 0 unspecified atom stereocenters. The molecule has 0 aliphatic rings. The fourth-order valence-corrected chi connectivity index (χ4v) is 2.72. The Labute approximate surface area is 182 Å². The van der Waals surface area contributed by atoms with Gasteiger partial charge in [0.05, 0.1) is 30.0 Å². The smallest absolute Gasteiger partial charge is 0.261 e. The Balaban J connectivity index is 2.05. The number of hydrogen-bond donors (Lipinski definition) is 3. The lowest BCUT2D eigenvalue weighted by Crippen LogP contribution is -2.35. The Morgan fingerprint density at radius 2 is 1.67 bits per heavy atom. The van der Waals surface area contributed by atoms with E-state index in [4.69, 9.17) is 21.7 Å². The summed E-state index contributed by atoms with van der Waals surface area (Å²) in [6.45, 7) is 5.36. The summed E-state index contributed by atoms with van der Waals surface area (Å²) < 4.78 is 10.7. The summed E-state index contributed by atoms with van der Waals surface area (Å²) in [5.74, 6) is 0.158. The molecule has 0 radical (unpaired) electrons. The molecule has 0 spiro atoms. The van der Waals surface area contributed by atoms with Crippen molar-refractivity contribution in [2.75, 3.05) is 32.2 Å².